The van der Waals surface area contributed by atoms with Gasteiger partial charge in [0.05, 0.1) is 0 Å². The molecule has 1 aromatic rings. The Balaban J connectivity index is 2.43. The summed E-state index contributed by atoms with van der Waals surface area (Å²) in [5, 5.41) is 3.66. The predicted molar refractivity (Wildman–Crippen MR) is 94.8 cm³/mol. The zero-order valence-electron chi connectivity index (χ0n) is 14.6. The molecule has 1 unspecified atom stereocenters. The fraction of sp³-hybridized carbons (Fsp3) is 0.700. The van der Waals surface area contributed by atoms with Crippen LogP contribution in [0.25, 0.3) is 0 Å². The van der Waals surface area contributed by atoms with Gasteiger partial charge in [-0.3, -0.25) is 0 Å². The zero-order valence-corrected chi connectivity index (χ0v) is 14.6. The van der Waals surface area contributed by atoms with Crippen LogP contribution in [-0.4, -0.2) is 13.1 Å². The second-order valence-corrected chi connectivity index (χ2v) is 6.96. The van der Waals surface area contributed by atoms with E-state index >= 15 is 0 Å². The Bertz CT molecular complexity index is 353. The summed E-state index contributed by atoms with van der Waals surface area (Å²) in [6.07, 6.45) is 8.07. The molecular weight excluding hydrogens is 254 g/mol. The van der Waals surface area contributed by atoms with Gasteiger partial charge in [-0.05, 0) is 50.3 Å². The van der Waals surface area contributed by atoms with Gasteiger partial charge in [0.25, 0.3) is 0 Å². The van der Waals surface area contributed by atoms with Crippen molar-refractivity contribution < 1.29 is 0 Å². The Kier molecular flexibility index (Phi) is 9.41. The van der Waals surface area contributed by atoms with Crippen molar-refractivity contribution >= 4 is 0 Å². The van der Waals surface area contributed by atoms with Crippen molar-refractivity contribution in [2.45, 2.75) is 66.2 Å². The van der Waals surface area contributed by atoms with Crippen molar-refractivity contribution in [3.05, 3.63) is 35.4 Å². The highest BCUT2D eigenvalue weighted by Gasteiger charge is 2.10. The summed E-state index contributed by atoms with van der Waals surface area (Å²) in [7, 11) is 0. The summed E-state index contributed by atoms with van der Waals surface area (Å²) in [4.78, 5) is 0. The van der Waals surface area contributed by atoms with Crippen LogP contribution in [0.2, 0.25) is 0 Å². The smallest absolute Gasteiger partial charge is 0.00172 e. The lowest BCUT2D eigenvalue weighted by atomic mass is 9.93. The Labute approximate surface area is 132 Å². The van der Waals surface area contributed by atoms with Crippen LogP contribution < -0.4 is 5.32 Å². The second kappa shape index (κ2) is 10.8. The molecule has 0 saturated heterocycles. The third-order valence-electron chi connectivity index (χ3n) is 4.10. The number of hydrogen-bond acceptors (Lipinski definition) is 1. The molecule has 0 heterocycles. The molecule has 1 N–H and O–H groups in total. The third-order valence-corrected chi connectivity index (χ3v) is 4.10. The fourth-order valence-corrected chi connectivity index (χ4v) is 2.77. The van der Waals surface area contributed by atoms with Crippen molar-refractivity contribution in [2.75, 3.05) is 13.1 Å². The van der Waals surface area contributed by atoms with E-state index < -0.39 is 0 Å². The maximum absolute atomic E-state index is 3.66. The molecule has 1 atom stereocenters. The lowest BCUT2D eigenvalue weighted by Gasteiger charge is -2.19. The Morgan fingerprint density at radius 1 is 0.952 bits per heavy atom. The van der Waals surface area contributed by atoms with E-state index in [0.29, 0.717) is 0 Å². The molecule has 0 aromatic heterocycles. The molecule has 120 valence electrons. The molecule has 0 bridgehead atoms. The van der Waals surface area contributed by atoms with Gasteiger partial charge in [0.2, 0.25) is 0 Å². The summed E-state index contributed by atoms with van der Waals surface area (Å²) in [5.41, 5.74) is 2.85. The van der Waals surface area contributed by atoms with Gasteiger partial charge in [-0.15, -0.1) is 0 Å². The van der Waals surface area contributed by atoms with Crippen LogP contribution >= 0.6 is 0 Å². The van der Waals surface area contributed by atoms with E-state index in [4.69, 9.17) is 0 Å². The molecular formula is C20H35N. The number of nitrogens with one attached hydrogen (secondary N) is 1. The predicted octanol–water partition coefficient (Wildman–Crippen LogP) is 5.37. The molecule has 0 amide bonds. The minimum atomic E-state index is 0.741. The van der Waals surface area contributed by atoms with E-state index in [1.165, 1.54) is 49.7 Å². The SMILES string of the molecule is CCCCCCC(CNCC(C)C)Cc1ccc(C)cc1. The van der Waals surface area contributed by atoms with Crippen molar-refractivity contribution in [2.24, 2.45) is 11.8 Å². The van der Waals surface area contributed by atoms with Gasteiger partial charge in [0.1, 0.15) is 0 Å². The van der Waals surface area contributed by atoms with E-state index in [1.807, 2.05) is 0 Å². The van der Waals surface area contributed by atoms with Gasteiger partial charge >= 0.3 is 0 Å². The highest BCUT2D eigenvalue weighted by atomic mass is 14.9. The minimum absolute atomic E-state index is 0.741. The number of aryl methyl sites for hydroxylation is 1. The number of unbranched alkanes of at least 4 members (excludes halogenated alkanes) is 3. The highest BCUT2D eigenvalue weighted by Crippen LogP contribution is 2.17. The Morgan fingerprint density at radius 2 is 1.67 bits per heavy atom. The summed E-state index contributed by atoms with van der Waals surface area (Å²) < 4.78 is 0. The maximum Gasteiger partial charge on any atom is -0.00172 e. The van der Waals surface area contributed by atoms with Crippen LogP contribution in [0.4, 0.5) is 0 Å². The molecule has 0 radical (unpaired) electrons. The van der Waals surface area contributed by atoms with Gasteiger partial charge in [-0.25, -0.2) is 0 Å². The number of rotatable bonds is 11. The van der Waals surface area contributed by atoms with Crippen molar-refractivity contribution in [1.82, 2.24) is 5.32 Å². The van der Waals surface area contributed by atoms with Gasteiger partial charge in [0, 0.05) is 0 Å². The third kappa shape index (κ3) is 8.93. The first-order valence-electron chi connectivity index (χ1n) is 8.88. The van der Waals surface area contributed by atoms with E-state index in [0.717, 1.165) is 24.9 Å². The Hall–Kier alpha value is -0.820. The molecule has 1 aromatic carbocycles. The van der Waals surface area contributed by atoms with Crippen LogP contribution in [0.15, 0.2) is 24.3 Å². The molecule has 1 nitrogen and oxygen atoms in total. The molecule has 21 heavy (non-hydrogen) atoms. The molecule has 0 aliphatic heterocycles. The van der Waals surface area contributed by atoms with E-state index in [1.54, 1.807) is 0 Å². The zero-order chi connectivity index (χ0) is 15.5. The molecule has 0 aliphatic carbocycles. The highest BCUT2D eigenvalue weighted by molar-refractivity contribution is 5.21. The first-order chi connectivity index (χ1) is 10.1. The first kappa shape index (κ1) is 18.2. The van der Waals surface area contributed by atoms with Crippen LogP contribution in [-0.2, 0) is 6.42 Å². The fourth-order valence-electron chi connectivity index (χ4n) is 2.77. The van der Waals surface area contributed by atoms with Crippen LogP contribution in [0, 0.1) is 18.8 Å². The number of hydrogen-bond donors (Lipinski definition) is 1. The van der Waals surface area contributed by atoms with Crippen molar-refractivity contribution in [3.8, 4) is 0 Å². The Morgan fingerprint density at radius 3 is 2.29 bits per heavy atom. The molecule has 0 saturated carbocycles. The second-order valence-electron chi connectivity index (χ2n) is 6.96. The average molecular weight is 290 g/mol. The monoisotopic (exact) mass is 289 g/mol. The van der Waals surface area contributed by atoms with E-state index in [9.17, 15) is 0 Å². The van der Waals surface area contributed by atoms with Gasteiger partial charge in [-0.2, -0.15) is 0 Å². The molecule has 1 rings (SSSR count). The molecule has 0 fully saturated rings. The van der Waals surface area contributed by atoms with E-state index in [2.05, 4.69) is 57.3 Å². The summed E-state index contributed by atoms with van der Waals surface area (Å²) >= 11 is 0. The quantitative estimate of drug-likeness (QED) is 0.540. The largest absolute Gasteiger partial charge is 0.316 e. The van der Waals surface area contributed by atoms with Gasteiger partial charge in [-0.1, -0.05) is 76.3 Å². The summed E-state index contributed by atoms with van der Waals surface area (Å²) in [6, 6.07) is 9.09. The van der Waals surface area contributed by atoms with Gasteiger partial charge < -0.3 is 5.32 Å². The van der Waals surface area contributed by atoms with Crippen molar-refractivity contribution in [3.63, 3.8) is 0 Å². The standard InChI is InChI=1S/C20H35N/c1-5-6-7-8-9-20(16-21-15-17(2)3)14-19-12-10-18(4)11-13-19/h10-13,17,20-21H,5-9,14-16H2,1-4H3. The van der Waals surface area contributed by atoms with Crippen LogP contribution in [0.5, 0.6) is 0 Å². The van der Waals surface area contributed by atoms with Gasteiger partial charge in [0.15, 0.2) is 0 Å². The summed E-state index contributed by atoms with van der Waals surface area (Å²) in [6.45, 7) is 11.3. The van der Waals surface area contributed by atoms with E-state index in [-0.39, 0.29) is 0 Å². The average Bonchev–Trinajstić information content (AvgIpc) is 2.45. The normalized spacial score (nSPS) is 12.8. The lowest BCUT2D eigenvalue weighted by molar-refractivity contribution is 0.407. The maximum atomic E-state index is 3.66. The lowest BCUT2D eigenvalue weighted by Crippen LogP contribution is -2.27. The molecule has 1 heteroatoms. The summed E-state index contributed by atoms with van der Waals surface area (Å²) in [5.74, 6) is 1.52. The van der Waals surface area contributed by atoms with Crippen molar-refractivity contribution in [1.29, 1.82) is 0 Å². The minimum Gasteiger partial charge on any atom is -0.316 e. The molecule has 0 aliphatic rings. The van der Waals surface area contributed by atoms with Crippen LogP contribution in [0.1, 0.15) is 64.0 Å². The topological polar surface area (TPSA) is 12.0 Å². The number of benzene rings is 1. The van der Waals surface area contributed by atoms with Crippen LogP contribution in [0.3, 0.4) is 0 Å². The first-order valence-corrected chi connectivity index (χ1v) is 8.88. The molecule has 0 spiro atoms.